The normalized spacial score (nSPS) is 20.9. The van der Waals surface area contributed by atoms with Crippen LogP contribution in [0.15, 0.2) is 48.5 Å². The summed E-state index contributed by atoms with van der Waals surface area (Å²) in [6, 6.07) is 14.6. The van der Waals surface area contributed by atoms with E-state index in [0.717, 1.165) is 22.1 Å². The standard InChI is InChI=1S/C19H16O2/c1-11-10-16-14(8-9-17(20)19(16)21)15-7-6-12-4-2-3-5-13(12)18(11)15/h2-10,17,19-21H,1H3/t17-,19-/m1/s1. The Morgan fingerprint density at radius 2 is 1.76 bits per heavy atom. The van der Waals surface area contributed by atoms with E-state index < -0.39 is 12.2 Å². The van der Waals surface area contributed by atoms with Gasteiger partial charge in [-0.2, -0.15) is 0 Å². The molecule has 0 aromatic heterocycles. The highest BCUT2D eigenvalue weighted by atomic mass is 16.3. The summed E-state index contributed by atoms with van der Waals surface area (Å²) in [5.74, 6) is 0. The van der Waals surface area contributed by atoms with Gasteiger partial charge < -0.3 is 10.2 Å². The average Bonchev–Trinajstić information content (AvgIpc) is 2.51. The molecule has 0 amide bonds. The van der Waals surface area contributed by atoms with Crippen molar-refractivity contribution in [2.75, 3.05) is 0 Å². The molecule has 3 aromatic rings. The number of benzene rings is 3. The first-order valence-electron chi connectivity index (χ1n) is 7.16. The van der Waals surface area contributed by atoms with Gasteiger partial charge in [0.05, 0.1) is 0 Å². The van der Waals surface area contributed by atoms with Crippen molar-refractivity contribution in [3.63, 3.8) is 0 Å². The molecule has 0 radical (unpaired) electrons. The summed E-state index contributed by atoms with van der Waals surface area (Å²) < 4.78 is 0. The highest BCUT2D eigenvalue weighted by Crippen LogP contribution is 2.38. The maximum absolute atomic E-state index is 10.2. The first-order valence-corrected chi connectivity index (χ1v) is 7.16. The van der Waals surface area contributed by atoms with Gasteiger partial charge in [-0.25, -0.2) is 0 Å². The molecule has 2 N–H and O–H groups in total. The molecule has 0 heterocycles. The molecule has 0 unspecified atom stereocenters. The highest BCUT2D eigenvalue weighted by Gasteiger charge is 2.24. The Morgan fingerprint density at radius 3 is 2.62 bits per heavy atom. The molecule has 2 heteroatoms. The summed E-state index contributed by atoms with van der Waals surface area (Å²) in [5, 5.41) is 24.8. The van der Waals surface area contributed by atoms with E-state index in [1.165, 1.54) is 16.2 Å². The van der Waals surface area contributed by atoms with Crippen molar-refractivity contribution in [1.82, 2.24) is 0 Å². The fourth-order valence-electron chi connectivity index (χ4n) is 3.37. The van der Waals surface area contributed by atoms with Crippen LogP contribution in [0.3, 0.4) is 0 Å². The predicted molar refractivity (Wildman–Crippen MR) is 86.2 cm³/mol. The van der Waals surface area contributed by atoms with Crippen molar-refractivity contribution >= 4 is 27.6 Å². The zero-order chi connectivity index (χ0) is 14.6. The number of hydrogen-bond donors (Lipinski definition) is 2. The highest BCUT2D eigenvalue weighted by molar-refractivity contribution is 6.12. The zero-order valence-corrected chi connectivity index (χ0v) is 11.7. The largest absolute Gasteiger partial charge is 0.386 e. The molecule has 4 rings (SSSR count). The molecular formula is C19H16O2. The molecule has 1 aliphatic carbocycles. The molecule has 1 aliphatic rings. The van der Waals surface area contributed by atoms with Crippen LogP contribution in [0.4, 0.5) is 0 Å². The summed E-state index contributed by atoms with van der Waals surface area (Å²) in [6.45, 7) is 2.06. The van der Waals surface area contributed by atoms with Crippen molar-refractivity contribution in [2.24, 2.45) is 0 Å². The first kappa shape index (κ1) is 12.6. The Morgan fingerprint density at radius 1 is 0.952 bits per heavy atom. The Hall–Kier alpha value is -2.16. The van der Waals surface area contributed by atoms with Gasteiger partial charge in [0.2, 0.25) is 0 Å². The van der Waals surface area contributed by atoms with Crippen LogP contribution < -0.4 is 0 Å². The molecule has 0 saturated carbocycles. The van der Waals surface area contributed by atoms with Crippen molar-refractivity contribution in [1.29, 1.82) is 0 Å². The average molecular weight is 276 g/mol. The van der Waals surface area contributed by atoms with Crippen LogP contribution in [0.1, 0.15) is 22.8 Å². The number of aliphatic hydroxyl groups is 2. The number of hydrogen-bond acceptors (Lipinski definition) is 2. The maximum atomic E-state index is 10.2. The lowest BCUT2D eigenvalue weighted by molar-refractivity contribution is 0.0471. The fraction of sp³-hybridized carbons (Fsp3) is 0.158. The summed E-state index contributed by atoms with van der Waals surface area (Å²) in [6.07, 6.45) is 1.91. The summed E-state index contributed by atoms with van der Waals surface area (Å²) in [4.78, 5) is 0. The minimum absolute atomic E-state index is 0.810. The zero-order valence-electron chi connectivity index (χ0n) is 11.7. The Balaban J connectivity index is 2.18. The second-order valence-corrected chi connectivity index (χ2v) is 5.70. The third-order valence-electron chi connectivity index (χ3n) is 4.40. The molecule has 104 valence electrons. The van der Waals surface area contributed by atoms with Crippen LogP contribution >= 0.6 is 0 Å². The minimum Gasteiger partial charge on any atom is -0.386 e. The van der Waals surface area contributed by atoms with Crippen LogP contribution in [0, 0.1) is 6.92 Å². The monoisotopic (exact) mass is 276 g/mol. The first-order chi connectivity index (χ1) is 10.2. The van der Waals surface area contributed by atoms with E-state index in [0.29, 0.717) is 0 Å². The lowest BCUT2D eigenvalue weighted by Gasteiger charge is -2.24. The van der Waals surface area contributed by atoms with Gasteiger partial charge in [-0.3, -0.25) is 0 Å². The van der Waals surface area contributed by atoms with Crippen LogP contribution in [0.5, 0.6) is 0 Å². The van der Waals surface area contributed by atoms with Crippen molar-refractivity contribution in [3.8, 4) is 0 Å². The third kappa shape index (κ3) is 1.73. The molecule has 0 fully saturated rings. The van der Waals surface area contributed by atoms with E-state index in [1.807, 2.05) is 18.2 Å². The lowest BCUT2D eigenvalue weighted by Crippen LogP contribution is -2.19. The molecule has 0 aliphatic heterocycles. The molecule has 0 bridgehead atoms. The third-order valence-corrected chi connectivity index (χ3v) is 4.40. The van der Waals surface area contributed by atoms with E-state index in [4.69, 9.17) is 0 Å². The van der Waals surface area contributed by atoms with E-state index in [2.05, 4.69) is 37.3 Å². The van der Waals surface area contributed by atoms with Gasteiger partial charge >= 0.3 is 0 Å². The smallest absolute Gasteiger partial charge is 0.109 e. The van der Waals surface area contributed by atoms with Gasteiger partial charge in [-0.05, 0) is 45.2 Å². The summed E-state index contributed by atoms with van der Waals surface area (Å²) >= 11 is 0. The number of fused-ring (bicyclic) bond motifs is 5. The molecule has 0 spiro atoms. The molecular weight excluding hydrogens is 260 g/mol. The van der Waals surface area contributed by atoms with Gasteiger partial charge in [0.25, 0.3) is 0 Å². The minimum atomic E-state index is -0.848. The second-order valence-electron chi connectivity index (χ2n) is 5.70. The van der Waals surface area contributed by atoms with Crippen LogP contribution in [0.25, 0.3) is 27.6 Å². The Bertz CT molecular complexity index is 893. The second kappa shape index (κ2) is 4.42. The molecule has 21 heavy (non-hydrogen) atoms. The van der Waals surface area contributed by atoms with E-state index in [9.17, 15) is 10.2 Å². The van der Waals surface area contributed by atoms with E-state index in [-0.39, 0.29) is 0 Å². The van der Waals surface area contributed by atoms with Gasteiger partial charge in [-0.1, -0.05) is 54.6 Å². The fourth-order valence-corrected chi connectivity index (χ4v) is 3.37. The van der Waals surface area contributed by atoms with E-state index >= 15 is 0 Å². The van der Waals surface area contributed by atoms with Crippen LogP contribution in [-0.4, -0.2) is 16.3 Å². The molecule has 2 atom stereocenters. The quantitative estimate of drug-likeness (QED) is 0.614. The number of rotatable bonds is 0. The lowest BCUT2D eigenvalue weighted by atomic mass is 9.85. The molecule has 0 saturated heterocycles. The van der Waals surface area contributed by atoms with Gasteiger partial charge in [0.15, 0.2) is 0 Å². The van der Waals surface area contributed by atoms with Crippen LogP contribution in [-0.2, 0) is 0 Å². The summed E-state index contributed by atoms with van der Waals surface area (Å²) in [5.41, 5.74) is 2.95. The molecule has 3 aromatic carbocycles. The SMILES string of the molecule is Cc1cc2c(c3ccc4ccccc4c13)C=C[C@@H](O)[C@@H]2O. The Labute approximate surface area is 123 Å². The van der Waals surface area contributed by atoms with Gasteiger partial charge in [0.1, 0.15) is 12.2 Å². The predicted octanol–water partition coefficient (Wildman–Crippen LogP) is 3.72. The van der Waals surface area contributed by atoms with E-state index in [1.54, 1.807) is 6.08 Å². The van der Waals surface area contributed by atoms with Gasteiger partial charge in [0, 0.05) is 0 Å². The van der Waals surface area contributed by atoms with Crippen LogP contribution in [0.2, 0.25) is 0 Å². The molecule has 2 nitrogen and oxygen atoms in total. The van der Waals surface area contributed by atoms with Crippen molar-refractivity contribution < 1.29 is 10.2 Å². The topological polar surface area (TPSA) is 40.5 Å². The Kier molecular flexibility index (Phi) is 2.64. The summed E-state index contributed by atoms with van der Waals surface area (Å²) in [7, 11) is 0. The number of aliphatic hydroxyl groups excluding tert-OH is 2. The maximum Gasteiger partial charge on any atom is 0.109 e. The number of aryl methyl sites for hydroxylation is 1. The van der Waals surface area contributed by atoms with Crippen molar-refractivity contribution in [3.05, 3.63) is 65.2 Å². The van der Waals surface area contributed by atoms with Crippen molar-refractivity contribution in [2.45, 2.75) is 19.1 Å². The van der Waals surface area contributed by atoms with Gasteiger partial charge in [-0.15, -0.1) is 0 Å².